The highest BCUT2D eigenvalue weighted by molar-refractivity contribution is 6.06. The molecule has 3 aromatic rings. The van der Waals surface area contributed by atoms with Crippen molar-refractivity contribution in [1.82, 2.24) is 9.88 Å². The molecule has 2 aromatic carbocycles. The number of hydrogen-bond acceptors (Lipinski definition) is 5. The highest BCUT2D eigenvalue weighted by Gasteiger charge is 2.29. The largest absolute Gasteiger partial charge is 0.449 e. The highest BCUT2D eigenvalue weighted by Crippen LogP contribution is 2.29. The van der Waals surface area contributed by atoms with Gasteiger partial charge in [-0.3, -0.25) is 14.7 Å². The lowest BCUT2D eigenvalue weighted by molar-refractivity contribution is -0.124. The zero-order valence-electron chi connectivity index (χ0n) is 19.6. The van der Waals surface area contributed by atoms with Crippen molar-refractivity contribution >= 4 is 28.5 Å². The topological polar surface area (TPSA) is 71.5 Å². The van der Waals surface area contributed by atoms with E-state index in [9.17, 15) is 9.59 Å². The minimum absolute atomic E-state index is 0.324. The molecule has 172 valence electrons. The molecule has 6 nitrogen and oxygen atoms in total. The fourth-order valence-electron chi connectivity index (χ4n) is 4.36. The number of amides is 1. The molecule has 0 spiro atoms. The number of aromatic nitrogens is 1. The molecule has 1 N–H and O–H groups in total. The van der Waals surface area contributed by atoms with Gasteiger partial charge in [0, 0.05) is 41.8 Å². The summed E-state index contributed by atoms with van der Waals surface area (Å²) < 4.78 is 5.82. The average molecular weight is 446 g/mol. The molecule has 1 atom stereocenters. The second kappa shape index (κ2) is 10.1. The van der Waals surface area contributed by atoms with E-state index in [1.807, 2.05) is 62.4 Å². The SMILES string of the molecule is CCCN1CCc2nc3ccccc3c(C(=O)OC(CC)C(=O)Nc3ccc(C)cc3)c2C1. The molecule has 1 unspecified atom stereocenters. The van der Waals surface area contributed by atoms with Crippen molar-refractivity contribution in [3.8, 4) is 0 Å². The lowest BCUT2D eigenvalue weighted by Gasteiger charge is -2.30. The van der Waals surface area contributed by atoms with E-state index in [1.54, 1.807) is 0 Å². The van der Waals surface area contributed by atoms with Crippen LogP contribution < -0.4 is 5.32 Å². The van der Waals surface area contributed by atoms with Gasteiger partial charge in [-0.1, -0.05) is 49.7 Å². The Morgan fingerprint density at radius 1 is 1.12 bits per heavy atom. The zero-order valence-corrected chi connectivity index (χ0v) is 19.6. The van der Waals surface area contributed by atoms with Crippen molar-refractivity contribution in [2.75, 3.05) is 18.4 Å². The lowest BCUT2D eigenvalue weighted by atomic mass is 9.95. The van der Waals surface area contributed by atoms with Gasteiger partial charge in [-0.2, -0.15) is 0 Å². The van der Waals surface area contributed by atoms with Gasteiger partial charge in [0.05, 0.1) is 11.1 Å². The molecule has 6 heteroatoms. The van der Waals surface area contributed by atoms with Crippen LogP contribution in [0.5, 0.6) is 0 Å². The van der Waals surface area contributed by atoms with E-state index < -0.39 is 12.1 Å². The van der Waals surface area contributed by atoms with Gasteiger partial charge in [0.1, 0.15) is 0 Å². The molecule has 1 aliphatic heterocycles. The third kappa shape index (κ3) is 5.06. The number of carbonyl (C=O) groups excluding carboxylic acids is 2. The Bertz CT molecular complexity index is 1160. The predicted octanol–water partition coefficient (Wildman–Crippen LogP) is 4.89. The lowest BCUT2D eigenvalue weighted by Crippen LogP contribution is -2.35. The minimum atomic E-state index is -0.878. The molecule has 4 rings (SSSR count). The molecule has 0 radical (unpaired) electrons. The van der Waals surface area contributed by atoms with Crippen LogP contribution in [0.2, 0.25) is 0 Å². The second-order valence-corrected chi connectivity index (χ2v) is 8.61. The van der Waals surface area contributed by atoms with E-state index in [0.717, 1.165) is 53.7 Å². The van der Waals surface area contributed by atoms with Crippen LogP contribution in [0.3, 0.4) is 0 Å². The van der Waals surface area contributed by atoms with Crippen LogP contribution in [0, 0.1) is 6.92 Å². The van der Waals surface area contributed by atoms with E-state index in [0.29, 0.717) is 24.2 Å². The quantitative estimate of drug-likeness (QED) is 0.525. The number of benzene rings is 2. The van der Waals surface area contributed by atoms with Crippen LogP contribution in [0.25, 0.3) is 10.9 Å². The first-order valence-corrected chi connectivity index (χ1v) is 11.7. The van der Waals surface area contributed by atoms with Gasteiger partial charge in [-0.05, 0) is 44.5 Å². The summed E-state index contributed by atoms with van der Waals surface area (Å²) in [4.78, 5) is 33.6. The maximum Gasteiger partial charge on any atom is 0.340 e. The molecule has 33 heavy (non-hydrogen) atoms. The van der Waals surface area contributed by atoms with Gasteiger partial charge in [0.15, 0.2) is 6.10 Å². The van der Waals surface area contributed by atoms with Gasteiger partial charge in [0.2, 0.25) is 0 Å². The number of fused-ring (bicyclic) bond motifs is 2. The zero-order chi connectivity index (χ0) is 23.4. The Hall–Kier alpha value is -3.25. The van der Waals surface area contributed by atoms with Crippen LogP contribution in [0.15, 0.2) is 48.5 Å². The van der Waals surface area contributed by atoms with Gasteiger partial charge in [-0.15, -0.1) is 0 Å². The maximum absolute atomic E-state index is 13.5. The van der Waals surface area contributed by atoms with Crippen molar-refractivity contribution in [2.45, 2.75) is 52.7 Å². The summed E-state index contributed by atoms with van der Waals surface area (Å²) in [6.07, 6.45) is 1.35. The van der Waals surface area contributed by atoms with Crippen LogP contribution >= 0.6 is 0 Å². The van der Waals surface area contributed by atoms with Crippen LogP contribution in [-0.2, 0) is 22.5 Å². The second-order valence-electron chi connectivity index (χ2n) is 8.61. The third-order valence-corrected chi connectivity index (χ3v) is 6.10. The summed E-state index contributed by atoms with van der Waals surface area (Å²) in [6.45, 7) is 8.55. The standard InChI is InChI=1S/C27H31N3O3/c1-4-15-30-16-14-23-21(17-30)25(20-8-6-7-9-22(20)29-23)27(32)33-24(5-2)26(31)28-19-12-10-18(3)11-13-19/h6-13,24H,4-5,14-17H2,1-3H3,(H,28,31). The van der Waals surface area contributed by atoms with Gasteiger partial charge < -0.3 is 10.1 Å². The summed E-state index contributed by atoms with van der Waals surface area (Å²) in [6, 6.07) is 15.2. The molecule has 0 saturated heterocycles. The van der Waals surface area contributed by atoms with E-state index in [1.165, 1.54) is 0 Å². The van der Waals surface area contributed by atoms with Crippen molar-refractivity contribution in [2.24, 2.45) is 0 Å². The first-order chi connectivity index (χ1) is 16.0. The first-order valence-electron chi connectivity index (χ1n) is 11.7. The van der Waals surface area contributed by atoms with E-state index >= 15 is 0 Å². The number of ether oxygens (including phenoxy) is 1. The molecule has 0 bridgehead atoms. The molecule has 1 aliphatic rings. The van der Waals surface area contributed by atoms with E-state index in [2.05, 4.69) is 17.1 Å². The Morgan fingerprint density at radius 3 is 2.61 bits per heavy atom. The van der Waals surface area contributed by atoms with E-state index in [4.69, 9.17) is 9.72 Å². The smallest absolute Gasteiger partial charge is 0.340 e. The number of nitrogens with zero attached hydrogens (tertiary/aromatic N) is 2. The molecule has 1 aromatic heterocycles. The molecule has 2 heterocycles. The average Bonchev–Trinajstić information content (AvgIpc) is 2.82. The maximum atomic E-state index is 13.5. The fourth-order valence-corrected chi connectivity index (χ4v) is 4.36. The molecular weight excluding hydrogens is 414 g/mol. The minimum Gasteiger partial charge on any atom is -0.449 e. The Kier molecular flexibility index (Phi) is 7.04. The number of carbonyl (C=O) groups is 2. The Morgan fingerprint density at radius 2 is 1.88 bits per heavy atom. The van der Waals surface area contributed by atoms with Crippen molar-refractivity contribution in [3.05, 3.63) is 70.9 Å². The number of pyridine rings is 1. The third-order valence-electron chi connectivity index (χ3n) is 6.10. The number of rotatable bonds is 7. The highest BCUT2D eigenvalue weighted by atomic mass is 16.5. The summed E-state index contributed by atoms with van der Waals surface area (Å²) >= 11 is 0. The Labute approximate surface area is 195 Å². The number of nitrogens with one attached hydrogen (secondary N) is 1. The Balaban J connectivity index is 1.63. The number of anilines is 1. The fraction of sp³-hybridized carbons (Fsp3) is 0.370. The van der Waals surface area contributed by atoms with Gasteiger partial charge >= 0.3 is 5.97 Å². The van der Waals surface area contributed by atoms with Crippen LogP contribution in [0.4, 0.5) is 5.69 Å². The van der Waals surface area contributed by atoms with Crippen molar-refractivity contribution < 1.29 is 14.3 Å². The normalized spacial score (nSPS) is 14.5. The number of para-hydroxylation sites is 1. The van der Waals surface area contributed by atoms with Crippen molar-refractivity contribution in [1.29, 1.82) is 0 Å². The predicted molar refractivity (Wildman–Crippen MR) is 130 cm³/mol. The summed E-state index contributed by atoms with van der Waals surface area (Å²) in [5.74, 6) is -0.788. The number of hydrogen-bond donors (Lipinski definition) is 1. The molecule has 0 aliphatic carbocycles. The number of esters is 1. The van der Waals surface area contributed by atoms with E-state index in [-0.39, 0.29) is 5.91 Å². The first kappa shape index (κ1) is 22.9. The van der Waals surface area contributed by atoms with Gasteiger partial charge in [0.25, 0.3) is 5.91 Å². The molecule has 0 saturated carbocycles. The van der Waals surface area contributed by atoms with Crippen molar-refractivity contribution in [3.63, 3.8) is 0 Å². The number of aryl methyl sites for hydroxylation is 1. The summed E-state index contributed by atoms with van der Waals surface area (Å²) in [7, 11) is 0. The molecule has 0 fully saturated rings. The summed E-state index contributed by atoms with van der Waals surface area (Å²) in [5.41, 5.74) is 4.99. The molecular formula is C27H31N3O3. The van der Waals surface area contributed by atoms with Gasteiger partial charge in [-0.25, -0.2) is 4.79 Å². The summed E-state index contributed by atoms with van der Waals surface area (Å²) in [5, 5.41) is 3.64. The monoisotopic (exact) mass is 445 g/mol. The molecule has 1 amide bonds. The van der Waals surface area contributed by atoms with Crippen LogP contribution in [0.1, 0.15) is 53.9 Å². The van der Waals surface area contributed by atoms with Crippen LogP contribution in [-0.4, -0.2) is 41.0 Å².